The maximum absolute atomic E-state index is 12.6. The predicted molar refractivity (Wildman–Crippen MR) is 140 cm³/mol. The summed E-state index contributed by atoms with van der Waals surface area (Å²) in [5.74, 6) is 2.18. The summed E-state index contributed by atoms with van der Waals surface area (Å²) < 4.78 is 12.9. The Kier molecular flexibility index (Phi) is 7.35. The molecule has 8 nitrogen and oxygen atoms in total. The first kappa shape index (κ1) is 23.7. The summed E-state index contributed by atoms with van der Waals surface area (Å²) in [4.78, 5) is 19.5. The van der Waals surface area contributed by atoms with Crippen molar-refractivity contribution in [2.45, 2.75) is 0 Å². The molecule has 0 aliphatic carbocycles. The van der Waals surface area contributed by atoms with Crippen LogP contribution in [0.3, 0.4) is 0 Å². The van der Waals surface area contributed by atoms with Crippen LogP contribution in [0.5, 0.6) is 11.5 Å². The van der Waals surface area contributed by atoms with Gasteiger partial charge in [-0.2, -0.15) is 5.10 Å². The first-order valence-electron chi connectivity index (χ1n) is 12.1. The van der Waals surface area contributed by atoms with Gasteiger partial charge < -0.3 is 14.8 Å². The van der Waals surface area contributed by atoms with Crippen LogP contribution in [0.4, 0.5) is 5.82 Å². The fourth-order valence-electron chi connectivity index (χ4n) is 4.15. The van der Waals surface area contributed by atoms with Gasteiger partial charge in [-0.1, -0.05) is 30.3 Å². The van der Waals surface area contributed by atoms with Gasteiger partial charge in [-0.25, -0.2) is 9.67 Å². The molecule has 1 aliphatic heterocycles. The van der Waals surface area contributed by atoms with Gasteiger partial charge in [-0.3, -0.25) is 9.69 Å². The highest BCUT2D eigenvalue weighted by atomic mass is 16.5. The van der Waals surface area contributed by atoms with Crippen molar-refractivity contribution in [1.29, 1.82) is 0 Å². The third-order valence-electron chi connectivity index (χ3n) is 6.12. The van der Waals surface area contributed by atoms with Crippen LogP contribution in [0, 0.1) is 0 Å². The van der Waals surface area contributed by atoms with Gasteiger partial charge >= 0.3 is 0 Å². The van der Waals surface area contributed by atoms with Crippen molar-refractivity contribution in [1.82, 2.24) is 19.7 Å². The summed E-state index contributed by atoms with van der Waals surface area (Å²) >= 11 is 0. The zero-order chi connectivity index (χ0) is 24.7. The van der Waals surface area contributed by atoms with E-state index in [1.54, 1.807) is 19.3 Å². The number of nitrogens with zero attached hydrogens (tertiary/aromatic N) is 4. The van der Waals surface area contributed by atoms with Crippen molar-refractivity contribution in [2.24, 2.45) is 7.05 Å². The van der Waals surface area contributed by atoms with Gasteiger partial charge in [0.1, 0.15) is 23.0 Å². The minimum atomic E-state index is -0.192. The summed E-state index contributed by atoms with van der Waals surface area (Å²) in [5.41, 5.74) is 2.76. The minimum Gasteiger partial charge on any atom is -0.457 e. The second-order valence-corrected chi connectivity index (χ2v) is 8.59. The van der Waals surface area contributed by atoms with Gasteiger partial charge in [-0.15, -0.1) is 0 Å². The molecule has 0 amide bonds. The van der Waals surface area contributed by atoms with Crippen molar-refractivity contribution >= 4 is 5.82 Å². The lowest BCUT2D eigenvalue weighted by Crippen LogP contribution is -2.39. The molecule has 2 aromatic heterocycles. The monoisotopic (exact) mass is 483 g/mol. The summed E-state index contributed by atoms with van der Waals surface area (Å²) in [5, 5.41) is 7.99. The molecular weight excluding hydrogens is 454 g/mol. The number of benzene rings is 2. The largest absolute Gasteiger partial charge is 0.457 e. The van der Waals surface area contributed by atoms with Gasteiger partial charge in [-0.05, 0) is 36.4 Å². The highest BCUT2D eigenvalue weighted by Crippen LogP contribution is 2.36. The summed E-state index contributed by atoms with van der Waals surface area (Å²) in [7, 11) is 1.65. The fraction of sp³-hybridized carbons (Fsp3) is 0.250. The number of rotatable bonds is 8. The second-order valence-electron chi connectivity index (χ2n) is 8.59. The van der Waals surface area contributed by atoms with E-state index in [4.69, 9.17) is 9.47 Å². The number of anilines is 1. The molecule has 2 aromatic carbocycles. The Hall–Kier alpha value is -4.01. The quantitative estimate of drug-likeness (QED) is 0.405. The molecule has 8 heteroatoms. The van der Waals surface area contributed by atoms with E-state index in [2.05, 4.69) is 20.3 Å². The molecular formula is C28H29N5O3. The number of aryl methyl sites for hydroxylation is 1. The molecule has 4 aromatic rings. The molecule has 5 rings (SSSR count). The van der Waals surface area contributed by atoms with E-state index >= 15 is 0 Å². The highest BCUT2D eigenvalue weighted by molar-refractivity contribution is 5.83. The summed E-state index contributed by atoms with van der Waals surface area (Å²) in [6, 6.07) is 22.8. The van der Waals surface area contributed by atoms with Crippen LogP contribution in [0.1, 0.15) is 0 Å². The minimum absolute atomic E-state index is 0.192. The lowest BCUT2D eigenvalue weighted by Gasteiger charge is -2.26. The van der Waals surface area contributed by atoms with Gasteiger partial charge in [0.15, 0.2) is 0 Å². The Morgan fingerprint density at radius 1 is 0.972 bits per heavy atom. The molecule has 184 valence electrons. The van der Waals surface area contributed by atoms with Crippen molar-refractivity contribution in [2.75, 3.05) is 44.7 Å². The number of hydrogen-bond donors (Lipinski definition) is 1. The van der Waals surface area contributed by atoms with Gasteiger partial charge in [0.25, 0.3) is 5.56 Å². The second kappa shape index (κ2) is 11.2. The van der Waals surface area contributed by atoms with E-state index in [0.717, 1.165) is 62.1 Å². The van der Waals surface area contributed by atoms with Crippen LogP contribution in [0.15, 0.2) is 83.8 Å². The standard InChI is InChI=1S/C28H29N5O3/c1-32-27(34)19-24(21-11-12-26(30-20-21)29-13-14-33-15-17-35-18-16-33)28(31-32)23-9-5-6-10-25(23)36-22-7-3-2-4-8-22/h2-12,19-20H,13-18H2,1H3,(H,29,30). The number of nitrogens with one attached hydrogen (secondary N) is 1. The Morgan fingerprint density at radius 3 is 2.53 bits per heavy atom. The van der Waals surface area contributed by atoms with E-state index in [-0.39, 0.29) is 5.56 Å². The van der Waals surface area contributed by atoms with Crippen LogP contribution in [-0.4, -0.2) is 59.1 Å². The number of pyridine rings is 1. The Bertz CT molecular complexity index is 1350. The summed E-state index contributed by atoms with van der Waals surface area (Å²) in [6.07, 6.45) is 1.78. The van der Waals surface area contributed by atoms with Crippen LogP contribution in [0.25, 0.3) is 22.4 Å². The summed E-state index contributed by atoms with van der Waals surface area (Å²) in [6.45, 7) is 5.24. The van der Waals surface area contributed by atoms with Crippen molar-refractivity contribution in [3.05, 3.63) is 89.3 Å². The molecule has 0 unspecified atom stereocenters. The molecule has 0 saturated carbocycles. The lowest BCUT2D eigenvalue weighted by atomic mass is 10.0. The zero-order valence-electron chi connectivity index (χ0n) is 20.3. The smallest absolute Gasteiger partial charge is 0.267 e. The third-order valence-corrected chi connectivity index (χ3v) is 6.12. The molecule has 36 heavy (non-hydrogen) atoms. The van der Waals surface area contributed by atoms with Crippen LogP contribution in [0.2, 0.25) is 0 Å². The Morgan fingerprint density at radius 2 is 1.75 bits per heavy atom. The number of ether oxygens (including phenoxy) is 2. The van der Waals surface area contributed by atoms with Gasteiger partial charge in [0.2, 0.25) is 0 Å². The van der Waals surface area contributed by atoms with Crippen molar-refractivity contribution < 1.29 is 9.47 Å². The molecule has 1 aliphatic rings. The van der Waals surface area contributed by atoms with E-state index in [1.165, 1.54) is 4.68 Å². The van der Waals surface area contributed by atoms with Crippen molar-refractivity contribution in [3.8, 4) is 33.9 Å². The molecule has 1 N–H and O–H groups in total. The van der Waals surface area contributed by atoms with E-state index < -0.39 is 0 Å². The van der Waals surface area contributed by atoms with Gasteiger partial charge in [0, 0.05) is 62.2 Å². The first-order chi connectivity index (χ1) is 17.7. The molecule has 0 radical (unpaired) electrons. The Balaban J connectivity index is 1.40. The SMILES string of the molecule is Cn1nc(-c2ccccc2Oc2ccccc2)c(-c2ccc(NCCN3CCOCC3)nc2)cc1=O. The van der Waals surface area contributed by atoms with Crippen LogP contribution in [-0.2, 0) is 11.8 Å². The average molecular weight is 484 g/mol. The predicted octanol–water partition coefficient (Wildman–Crippen LogP) is 4.05. The molecule has 0 spiro atoms. The van der Waals surface area contributed by atoms with E-state index in [0.29, 0.717) is 17.0 Å². The molecule has 1 fully saturated rings. The van der Waals surface area contributed by atoms with E-state index in [9.17, 15) is 4.79 Å². The third kappa shape index (κ3) is 5.62. The van der Waals surface area contributed by atoms with Crippen LogP contribution >= 0.6 is 0 Å². The number of para-hydroxylation sites is 2. The van der Waals surface area contributed by atoms with Crippen LogP contribution < -0.4 is 15.6 Å². The average Bonchev–Trinajstić information content (AvgIpc) is 2.92. The number of morpholine rings is 1. The zero-order valence-corrected chi connectivity index (χ0v) is 20.3. The first-order valence-corrected chi connectivity index (χ1v) is 12.1. The lowest BCUT2D eigenvalue weighted by molar-refractivity contribution is 0.0398. The molecule has 1 saturated heterocycles. The maximum atomic E-state index is 12.6. The number of aromatic nitrogens is 3. The fourth-order valence-corrected chi connectivity index (χ4v) is 4.15. The molecule has 0 bridgehead atoms. The van der Waals surface area contributed by atoms with E-state index in [1.807, 2.05) is 66.7 Å². The molecule has 0 atom stereocenters. The molecule has 3 heterocycles. The Labute approximate surface area is 210 Å². The number of hydrogen-bond acceptors (Lipinski definition) is 7. The topological polar surface area (TPSA) is 81.5 Å². The highest BCUT2D eigenvalue weighted by Gasteiger charge is 2.17. The van der Waals surface area contributed by atoms with Crippen molar-refractivity contribution in [3.63, 3.8) is 0 Å². The van der Waals surface area contributed by atoms with Gasteiger partial charge in [0.05, 0.1) is 13.2 Å². The maximum Gasteiger partial charge on any atom is 0.267 e. The normalized spacial score (nSPS) is 13.9.